The van der Waals surface area contributed by atoms with Crippen molar-refractivity contribution >= 4 is 11.1 Å². The summed E-state index contributed by atoms with van der Waals surface area (Å²) >= 11 is 0. The maximum absolute atomic E-state index is 5.15. The SMILES string of the molecule is CCCc1noc2ncc(CNC)cc12. The summed E-state index contributed by atoms with van der Waals surface area (Å²) in [5, 5.41) is 8.18. The molecule has 2 aromatic heterocycles. The molecule has 0 aliphatic rings. The lowest BCUT2D eigenvalue weighted by Gasteiger charge is -1.98. The lowest BCUT2D eigenvalue weighted by Crippen LogP contribution is -2.05. The van der Waals surface area contributed by atoms with Gasteiger partial charge in [0.1, 0.15) is 0 Å². The van der Waals surface area contributed by atoms with Gasteiger partial charge >= 0.3 is 0 Å². The Morgan fingerprint density at radius 3 is 3.07 bits per heavy atom. The van der Waals surface area contributed by atoms with Gasteiger partial charge in [-0.25, -0.2) is 4.98 Å². The van der Waals surface area contributed by atoms with Crippen LogP contribution in [0.25, 0.3) is 11.1 Å². The van der Waals surface area contributed by atoms with Crippen LogP contribution in [-0.4, -0.2) is 17.2 Å². The van der Waals surface area contributed by atoms with Gasteiger partial charge in [0.15, 0.2) is 0 Å². The first-order valence-corrected chi connectivity index (χ1v) is 5.23. The third-order valence-electron chi connectivity index (χ3n) is 2.33. The summed E-state index contributed by atoms with van der Waals surface area (Å²) in [5.41, 5.74) is 2.81. The highest BCUT2D eigenvalue weighted by Crippen LogP contribution is 2.18. The second-order valence-electron chi connectivity index (χ2n) is 3.61. The third-order valence-corrected chi connectivity index (χ3v) is 2.33. The second kappa shape index (κ2) is 4.40. The van der Waals surface area contributed by atoms with Crippen LogP contribution in [-0.2, 0) is 13.0 Å². The van der Waals surface area contributed by atoms with E-state index in [-0.39, 0.29) is 0 Å². The number of hydrogen-bond acceptors (Lipinski definition) is 4. The van der Waals surface area contributed by atoms with E-state index in [1.54, 1.807) is 0 Å². The van der Waals surface area contributed by atoms with Gasteiger partial charge in [-0.3, -0.25) is 0 Å². The van der Waals surface area contributed by atoms with Gasteiger partial charge in [-0.05, 0) is 25.1 Å². The van der Waals surface area contributed by atoms with Gasteiger partial charge in [0.25, 0.3) is 5.71 Å². The van der Waals surface area contributed by atoms with E-state index in [4.69, 9.17) is 4.52 Å². The normalized spacial score (nSPS) is 11.1. The van der Waals surface area contributed by atoms with Crippen LogP contribution in [0.1, 0.15) is 24.6 Å². The highest BCUT2D eigenvalue weighted by atomic mass is 16.5. The predicted molar refractivity (Wildman–Crippen MR) is 58.6 cm³/mol. The van der Waals surface area contributed by atoms with Crippen molar-refractivity contribution in [3.05, 3.63) is 23.5 Å². The van der Waals surface area contributed by atoms with Crippen LogP contribution in [0.4, 0.5) is 0 Å². The lowest BCUT2D eigenvalue weighted by molar-refractivity contribution is 0.438. The topological polar surface area (TPSA) is 51.0 Å². The van der Waals surface area contributed by atoms with Crippen LogP contribution < -0.4 is 5.32 Å². The number of rotatable bonds is 4. The van der Waals surface area contributed by atoms with Crippen molar-refractivity contribution in [3.63, 3.8) is 0 Å². The Balaban J connectivity index is 2.42. The van der Waals surface area contributed by atoms with Crippen molar-refractivity contribution in [2.75, 3.05) is 7.05 Å². The molecule has 0 aliphatic heterocycles. The molecule has 4 heteroatoms. The molecule has 1 N–H and O–H groups in total. The lowest BCUT2D eigenvalue weighted by atomic mass is 10.1. The number of aryl methyl sites for hydroxylation is 1. The Bertz CT molecular complexity index is 450. The van der Waals surface area contributed by atoms with Gasteiger partial charge < -0.3 is 9.84 Å². The minimum absolute atomic E-state index is 0.637. The Morgan fingerprint density at radius 2 is 2.33 bits per heavy atom. The fraction of sp³-hybridized carbons (Fsp3) is 0.455. The van der Waals surface area contributed by atoms with Crippen molar-refractivity contribution in [1.29, 1.82) is 0 Å². The van der Waals surface area contributed by atoms with Crippen molar-refractivity contribution < 1.29 is 4.52 Å². The van der Waals surface area contributed by atoms with Crippen LogP contribution in [0.15, 0.2) is 16.8 Å². The molecule has 0 radical (unpaired) electrons. The van der Waals surface area contributed by atoms with Gasteiger partial charge in [-0.1, -0.05) is 18.5 Å². The summed E-state index contributed by atoms with van der Waals surface area (Å²) in [5.74, 6) is 0. The molecule has 80 valence electrons. The molecule has 0 atom stereocenters. The summed E-state index contributed by atoms with van der Waals surface area (Å²) < 4.78 is 5.15. The maximum Gasteiger partial charge on any atom is 0.257 e. The maximum atomic E-state index is 5.15. The summed E-state index contributed by atoms with van der Waals surface area (Å²) in [6, 6.07) is 2.10. The number of nitrogens with one attached hydrogen (secondary N) is 1. The van der Waals surface area contributed by atoms with Crippen molar-refractivity contribution in [3.8, 4) is 0 Å². The standard InChI is InChI=1S/C11H15N3O/c1-3-4-10-9-5-8(6-12-2)7-13-11(9)15-14-10/h5,7,12H,3-4,6H2,1-2H3. The molecule has 0 amide bonds. The predicted octanol–water partition coefficient (Wildman–Crippen LogP) is 1.89. The number of aromatic nitrogens is 2. The average Bonchev–Trinajstić information content (AvgIpc) is 2.63. The number of hydrogen-bond donors (Lipinski definition) is 1. The van der Waals surface area contributed by atoms with E-state index in [0.717, 1.165) is 36.0 Å². The molecule has 2 aromatic rings. The second-order valence-corrected chi connectivity index (χ2v) is 3.61. The zero-order chi connectivity index (χ0) is 10.7. The monoisotopic (exact) mass is 205 g/mol. The molecule has 0 aliphatic carbocycles. The zero-order valence-electron chi connectivity index (χ0n) is 9.08. The van der Waals surface area contributed by atoms with Gasteiger partial charge in [-0.15, -0.1) is 0 Å². The highest BCUT2D eigenvalue weighted by Gasteiger charge is 2.08. The van der Waals surface area contributed by atoms with Gasteiger partial charge in [0, 0.05) is 12.7 Å². The third kappa shape index (κ3) is 1.99. The van der Waals surface area contributed by atoms with E-state index in [1.807, 2.05) is 13.2 Å². The van der Waals surface area contributed by atoms with E-state index in [0.29, 0.717) is 5.71 Å². The average molecular weight is 205 g/mol. The molecule has 0 bridgehead atoms. The molecule has 15 heavy (non-hydrogen) atoms. The van der Waals surface area contributed by atoms with Crippen molar-refractivity contribution in [2.24, 2.45) is 0 Å². The first kappa shape index (κ1) is 10.1. The van der Waals surface area contributed by atoms with Gasteiger partial charge in [0.2, 0.25) is 0 Å². The number of nitrogens with zero attached hydrogens (tertiary/aromatic N) is 2. The van der Waals surface area contributed by atoms with Crippen LogP contribution in [0.2, 0.25) is 0 Å². The molecule has 0 fully saturated rings. The molecule has 0 saturated carbocycles. The first-order valence-electron chi connectivity index (χ1n) is 5.23. The Morgan fingerprint density at radius 1 is 1.47 bits per heavy atom. The van der Waals surface area contributed by atoms with E-state index in [2.05, 4.69) is 28.4 Å². The van der Waals surface area contributed by atoms with Crippen LogP contribution in [0.5, 0.6) is 0 Å². The Kier molecular flexibility index (Phi) is 2.97. The first-order chi connectivity index (χ1) is 7.35. The summed E-state index contributed by atoms with van der Waals surface area (Å²) in [7, 11) is 1.92. The van der Waals surface area contributed by atoms with Crippen LogP contribution in [0.3, 0.4) is 0 Å². The molecule has 0 saturated heterocycles. The molecule has 0 spiro atoms. The molecule has 4 nitrogen and oxygen atoms in total. The van der Waals surface area contributed by atoms with Gasteiger partial charge in [-0.2, -0.15) is 0 Å². The smallest absolute Gasteiger partial charge is 0.257 e. The van der Waals surface area contributed by atoms with Crippen molar-refractivity contribution in [1.82, 2.24) is 15.5 Å². The molecule has 2 rings (SSSR count). The quantitative estimate of drug-likeness (QED) is 0.828. The Labute approximate surface area is 88.7 Å². The zero-order valence-corrected chi connectivity index (χ0v) is 9.08. The summed E-state index contributed by atoms with van der Waals surface area (Å²) in [4.78, 5) is 4.23. The van der Waals surface area contributed by atoms with Crippen molar-refractivity contribution in [2.45, 2.75) is 26.3 Å². The van der Waals surface area contributed by atoms with E-state index >= 15 is 0 Å². The number of fused-ring (bicyclic) bond motifs is 1. The molecule has 0 unspecified atom stereocenters. The van der Waals surface area contributed by atoms with E-state index in [9.17, 15) is 0 Å². The fourth-order valence-electron chi connectivity index (χ4n) is 1.64. The highest BCUT2D eigenvalue weighted by molar-refractivity contribution is 5.76. The minimum Gasteiger partial charge on any atom is -0.336 e. The molecular formula is C11H15N3O. The van der Waals surface area contributed by atoms with E-state index in [1.165, 1.54) is 0 Å². The molecular weight excluding hydrogens is 190 g/mol. The van der Waals surface area contributed by atoms with E-state index < -0.39 is 0 Å². The fourth-order valence-corrected chi connectivity index (χ4v) is 1.64. The van der Waals surface area contributed by atoms with Crippen LogP contribution in [0, 0.1) is 0 Å². The molecule has 0 aromatic carbocycles. The summed E-state index contributed by atoms with van der Waals surface area (Å²) in [6.07, 6.45) is 3.83. The largest absolute Gasteiger partial charge is 0.336 e. The van der Waals surface area contributed by atoms with Crippen LogP contribution >= 0.6 is 0 Å². The number of pyridine rings is 1. The summed E-state index contributed by atoms with van der Waals surface area (Å²) in [6.45, 7) is 2.95. The minimum atomic E-state index is 0.637. The molecule has 2 heterocycles. The Hall–Kier alpha value is -1.42. The van der Waals surface area contributed by atoms with Gasteiger partial charge in [0.05, 0.1) is 11.1 Å².